The van der Waals surface area contributed by atoms with Crippen LogP contribution in [0.15, 0.2) is 42.0 Å². The van der Waals surface area contributed by atoms with Crippen LogP contribution in [-0.4, -0.2) is 30.0 Å². The number of nitrogens with zero attached hydrogens (tertiary/aromatic N) is 2. The van der Waals surface area contributed by atoms with Crippen LogP contribution in [0.25, 0.3) is 6.08 Å². The quantitative estimate of drug-likeness (QED) is 0.260. The van der Waals surface area contributed by atoms with Crippen LogP contribution in [0.5, 0.6) is 11.5 Å². The second-order valence-electron chi connectivity index (χ2n) is 5.95. The van der Waals surface area contributed by atoms with Gasteiger partial charge in [0.25, 0.3) is 17.5 Å². The van der Waals surface area contributed by atoms with Crippen molar-refractivity contribution in [2.45, 2.75) is 6.92 Å². The number of carbonyl (C=O) groups is 2. The van der Waals surface area contributed by atoms with Gasteiger partial charge in [0.15, 0.2) is 18.1 Å². The minimum absolute atomic E-state index is 0.0785. The first-order chi connectivity index (χ1) is 14.7. The summed E-state index contributed by atoms with van der Waals surface area (Å²) in [6.45, 7) is 1.57. The maximum Gasteiger partial charge on any atom is 0.271 e. The number of nitro benzene ring substituents is 1. The average molecular weight is 445 g/mol. The van der Waals surface area contributed by atoms with E-state index in [9.17, 15) is 25.0 Å². The van der Waals surface area contributed by atoms with Crippen LogP contribution in [0.2, 0.25) is 5.02 Å². The smallest absolute Gasteiger partial charge is 0.271 e. The normalized spacial score (nSPS) is 10.7. The topological polar surface area (TPSA) is 158 Å². The molecule has 0 saturated carbocycles. The zero-order chi connectivity index (χ0) is 23.0. The fourth-order valence-corrected chi connectivity index (χ4v) is 2.70. The van der Waals surface area contributed by atoms with Crippen LogP contribution in [0, 0.1) is 21.4 Å². The lowest BCUT2D eigenvalue weighted by Gasteiger charge is -2.13. The summed E-state index contributed by atoms with van der Waals surface area (Å²) in [5, 5.41) is 22.8. The van der Waals surface area contributed by atoms with Gasteiger partial charge in [-0.05, 0) is 36.8 Å². The van der Waals surface area contributed by atoms with Gasteiger partial charge in [0.2, 0.25) is 0 Å². The van der Waals surface area contributed by atoms with Gasteiger partial charge < -0.3 is 20.5 Å². The van der Waals surface area contributed by atoms with Crippen molar-refractivity contribution in [3.05, 3.63) is 62.7 Å². The van der Waals surface area contributed by atoms with Crippen molar-refractivity contribution >= 4 is 40.9 Å². The number of amides is 2. The Balaban J connectivity index is 2.33. The maximum atomic E-state index is 12.5. The molecule has 160 valence electrons. The Morgan fingerprint density at radius 1 is 1.32 bits per heavy atom. The van der Waals surface area contributed by atoms with E-state index in [1.165, 1.54) is 42.5 Å². The van der Waals surface area contributed by atoms with Crippen LogP contribution >= 0.6 is 11.6 Å². The van der Waals surface area contributed by atoms with Crippen molar-refractivity contribution in [3.8, 4) is 17.6 Å². The molecule has 0 aliphatic heterocycles. The number of nitro groups is 1. The number of non-ortho nitro benzene ring substituents is 1. The molecule has 0 radical (unpaired) electrons. The number of hydrogen-bond donors (Lipinski definition) is 2. The Labute approximate surface area is 182 Å². The lowest BCUT2D eigenvalue weighted by Crippen LogP contribution is -2.20. The number of benzene rings is 2. The third-order valence-electron chi connectivity index (χ3n) is 3.68. The molecule has 0 atom stereocenters. The molecule has 2 rings (SSSR count). The summed E-state index contributed by atoms with van der Waals surface area (Å²) in [5.41, 5.74) is 5.09. The summed E-state index contributed by atoms with van der Waals surface area (Å²) in [5.74, 6) is -1.18. The van der Waals surface area contributed by atoms with E-state index < -0.39 is 23.3 Å². The predicted octanol–water partition coefficient (Wildman–Crippen LogP) is 3.06. The van der Waals surface area contributed by atoms with Crippen LogP contribution in [0.1, 0.15) is 12.5 Å². The minimum atomic E-state index is -0.772. The first-order valence-corrected chi connectivity index (χ1v) is 9.18. The van der Waals surface area contributed by atoms with Crippen molar-refractivity contribution in [3.63, 3.8) is 0 Å². The molecule has 31 heavy (non-hydrogen) atoms. The maximum absolute atomic E-state index is 12.5. The Bertz CT molecular complexity index is 1090. The fraction of sp³-hybridized carbons (Fsp3) is 0.150. The third-order valence-corrected chi connectivity index (χ3v) is 3.96. The molecule has 2 aromatic rings. The highest BCUT2D eigenvalue weighted by molar-refractivity contribution is 6.32. The lowest BCUT2D eigenvalue weighted by atomic mass is 10.1. The first-order valence-electron chi connectivity index (χ1n) is 8.80. The molecule has 0 spiro atoms. The molecule has 0 saturated heterocycles. The van der Waals surface area contributed by atoms with E-state index in [1.54, 1.807) is 13.0 Å². The highest BCUT2D eigenvalue weighted by Gasteiger charge is 2.16. The van der Waals surface area contributed by atoms with Crippen molar-refractivity contribution in [2.24, 2.45) is 5.73 Å². The summed E-state index contributed by atoms with van der Waals surface area (Å²) in [7, 11) is 0. The SMILES string of the molecule is CCOc1cc(/C=C(\C#N)C(=O)Nc2cccc([N+](=O)[O-])c2)cc(Cl)c1OCC(N)=O. The van der Waals surface area contributed by atoms with Gasteiger partial charge in [0, 0.05) is 17.8 Å². The molecule has 2 aromatic carbocycles. The summed E-state index contributed by atoms with van der Waals surface area (Å²) in [6, 6.07) is 9.96. The number of nitriles is 1. The second-order valence-corrected chi connectivity index (χ2v) is 6.36. The van der Waals surface area contributed by atoms with Crippen molar-refractivity contribution in [2.75, 3.05) is 18.5 Å². The van der Waals surface area contributed by atoms with E-state index in [-0.39, 0.29) is 40.1 Å². The zero-order valence-electron chi connectivity index (χ0n) is 16.3. The zero-order valence-corrected chi connectivity index (χ0v) is 17.0. The van der Waals surface area contributed by atoms with Gasteiger partial charge in [-0.3, -0.25) is 19.7 Å². The largest absolute Gasteiger partial charge is 0.490 e. The number of ether oxygens (including phenoxy) is 2. The fourth-order valence-electron chi connectivity index (χ4n) is 2.43. The second kappa shape index (κ2) is 10.6. The number of halogens is 1. The first kappa shape index (κ1) is 23.2. The Morgan fingerprint density at radius 2 is 2.06 bits per heavy atom. The molecule has 0 aliphatic carbocycles. The summed E-state index contributed by atoms with van der Waals surface area (Å²) in [6.07, 6.45) is 1.26. The van der Waals surface area contributed by atoms with Gasteiger partial charge in [-0.25, -0.2) is 0 Å². The Kier molecular flexibility index (Phi) is 7.94. The summed E-state index contributed by atoms with van der Waals surface area (Å²) in [4.78, 5) is 33.7. The van der Waals surface area contributed by atoms with Gasteiger partial charge in [0.1, 0.15) is 11.6 Å². The van der Waals surface area contributed by atoms with Gasteiger partial charge in [-0.2, -0.15) is 5.26 Å². The van der Waals surface area contributed by atoms with E-state index in [0.717, 1.165) is 0 Å². The van der Waals surface area contributed by atoms with Crippen molar-refractivity contribution in [1.82, 2.24) is 0 Å². The van der Waals surface area contributed by atoms with Gasteiger partial charge in [0.05, 0.1) is 16.6 Å². The van der Waals surface area contributed by atoms with Gasteiger partial charge in [-0.15, -0.1) is 0 Å². The van der Waals surface area contributed by atoms with E-state index in [0.29, 0.717) is 5.56 Å². The highest BCUT2D eigenvalue weighted by atomic mass is 35.5. The monoisotopic (exact) mass is 444 g/mol. The van der Waals surface area contributed by atoms with Crippen LogP contribution < -0.4 is 20.5 Å². The van der Waals surface area contributed by atoms with Crippen LogP contribution in [0.3, 0.4) is 0 Å². The molecule has 10 nitrogen and oxygen atoms in total. The predicted molar refractivity (Wildman–Crippen MR) is 113 cm³/mol. The highest BCUT2D eigenvalue weighted by Crippen LogP contribution is 2.37. The Morgan fingerprint density at radius 3 is 2.68 bits per heavy atom. The van der Waals surface area contributed by atoms with Gasteiger partial charge in [-0.1, -0.05) is 17.7 Å². The average Bonchev–Trinajstić information content (AvgIpc) is 2.71. The van der Waals surface area contributed by atoms with Crippen LogP contribution in [0.4, 0.5) is 11.4 Å². The number of rotatable bonds is 9. The molecule has 0 bridgehead atoms. The van der Waals surface area contributed by atoms with E-state index in [1.807, 2.05) is 0 Å². The third kappa shape index (κ3) is 6.45. The van der Waals surface area contributed by atoms with Crippen molar-refractivity contribution < 1.29 is 24.0 Å². The lowest BCUT2D eigenvalue weighted by molar-refractivity contribution is -0.384. The molecular formula is C20H17ClN4O6. The molecule has 3 N–H and O–H groups in total. The minimum Gasteiger partial charge on any atom is -0.490 e. The molecule has 0 heterocycles. The summed E-state index contributed by atoms with van der Waals surface area (Å²) < 4.78 is 10.7. The molecule has 11 heteroatoms. The van der Waals surface area contributed by atoms with Crippen LogP contribution in [-0.2, 0) is 9.59 Å². The number of nitrogens with two attached hydrogens (primary N) is 1. The van der Waals surface area contributed by atoms with E-state index >= 15 is 0 Å². The molecule has 0 aliphatic rings. The van der Waals surface area contributed by atoms with Crippen molar-refractivity contribution in [1.29, 1.82) is 5.26 Å². The molecule has 0 fully saturated rings. The van der Waals surface area contributed by atoms with E-state index in [4.69, 9.17) is 26.8 Å². The van der Waals surface area contributed by atoms with Gasteiger partial charge >= 0.3 is 0 Å². The number of carbonyl (C=O) groups excluding carboxylic acids is 2. The summed E-state index contributed by atoms with van der Waals surface area (Å²) >= 11 is 6.20. The molecular weight excluding hydrogens is 428 g/mol. The Hall–Kier alpha value is -4.10. The van der Waals surface area contributed by atoms with E-state index in [2.05, 4.69) is 5.32 Å². The number of primary amides is 1. The number of hydrogen-bond acceptors (Lipinski definition) is 7. The number of anilines is 1. The number of nitrogens with one attached hydrogen (secondary N) is 1. The standard InChI is InChI=1S/C20H17ClN4O6/c1-2-30-17-8-12(7-16(21)19(17)31-11-18(23)26)6-13(10-22)20(27)24-14-4-3-5-15(9-14)25(28)29/h3-9H,2,11H2,1H3,(H2,23,26)(H,24,27)/b13-6+. The molecule has 0 unspecified atom stereocenters. The molecule has 2 amide bonds. The molecule has 0 aromatic heterocycles.